The first-order chi connectivity index (χ1) is 13.7. The number of aromatic amines is 1. The number of rotatable bonds is 6. The summed E-state index contributed by atoms with van der Waals surface area (Å²) in [5.74, 6) is 2.21. The molecule has 1 aliphatic rings. The topological polar surface area (TPSA) is 101 Å². The third kappa shape index (κ3) is 4.40. The summed E-state index contributed by atoms with van der Waals surface area (Å²) < 4.78 is 6.47. The van der Waals surface area contributed by atoms with Gasteiger partial charge in [-0.3, -0.25) is 5.10 Å². The third-order valence-electron chi connectivity index (χ3n) is 5.96. The van der Waals surface area contributed by atoms with E-state index in [4.69, 9.17) is 4.43 Å². The van der Waals surface area contributed by atoms with Crippen LogP contribution in [0.4, 0.5) is 17.5 Å². The van der Waals surface area contributed by atoms with Crippen molar-refractivity contribution in [2.45, 2.75) is 63.9 Å². The third-order valence-corrected chi connectivity index (χ3v) is 10.5. The highest BCUT2D eigenvalue weighted by Crippen LogP contribution is 2.40. The van der Waals surface area contributed by atoms with Crippen molar-refractivity contribution >= 4 is 36.7 Å². The van der Waals surface area contributed by atoms with Crippen LogP contribution in [0, 0.1) is 0 Å². The molecule has 0 spiro atoms. The summed E-state index contributed by atoms with van der Waals surface area (Å²) in [5.41, 5.74) is 0.928. The number of anilines is 3. The predicted molar refractivity (Wildman–Crippen MR) is 118 cm³/mol. The van der Waals surface area contributed by atoms with E-state index >= 15 is 0 Å². The minimum atomic E-state index is -1.70. The lowest BCUT2D eigenvalue weighted by molar-refractivity contribution is 0.0928. The van der Waals surface area contributed by atoms with E-state index in [1.807, 2.05) is 12.1 Å². The number of nitrogens with zero attached hydrogens (tertiary/aromatic N) is 4. The second-order valence-corrected chi connectivity index (χ2v) is 14.0. The Morgan fingerprint density at radius 3 is 2.52 bits per heavy atom. The highest BCUT2D eigenvalue weighted by Gasteiger charge is 2.42. The maximum atomic E-state index is 6.47. The molecule has 1 aliphatic carbocycles. The van der Waals surface area contributed by atoms with Crippen LogP contribution in [0.1, 0.15) is 33.6 Å². The van der Waals surface area contributed by atoms with Gasteiger partial charge in [-0.2, -0.15) is 5.10 Å². The van der Waals surface area contributed by atoms with Gasteiger partial charge in [-0.15, -0.1) is 0 Å². The fourth-order valence-corrected chi connectivity index (χ4v) is 4.50. The number of fused-ring (bicyclic) bond motifs is 1. The molecule has 4 rings (SSSR count). The molecule has 9 heteroatoms. The van der Waals surface area contributed by atoms with Crippen molar-refractivity contribution in [2.75, 3.05) is 10.6 Å². The highest BCUT2D eigenvalue weighted by molar-refractivity contribution is 6.74. The molecule has 3 aromatic heterocycles. The van der Waals surface area contributed by atoms with Gasteiger partial charge in [0, 0.05) is 35.9 Å². The van der Waals surface area contributed by atoms with Gasteiger partial charge in [0.15, 0.2) is 8.32 Å². The first kappa shape index (κ1) is 19.8. The van der Waals surface area contributed by atoms with Crippen LogP contribution in [-0.2, 0) is 4.43 Å². The Hall–Kier alpha value is -2.52. The zero-order chi connectivity index (χ0) is 20.6. The van der Waals surface area contributed by atoms with E-state index in [-0.39, 0.29) is 5.04 Å². The molecule has 8 nitrogen and oxygen atoms in total. The van der Waals surface area contributed by atoms with E-state index in [0.29, 0.717) is 23.8 Å². The van der Waals surface area contributed by atoms with Crippen molar-refractivity contribution in [3.63, 3.8) is 0 Å². The van der Waals surface area contributed by atoms with E-state index in [0.717, 1.165) is 29.6 Å². The standard InChI is InChI=1S/C20H29N7OSi/c1-20(2,3)29(4,5)28-15-6-14(7-15)25-18-9-19(23-12-22-18)26-17-8-16-13(10-21-17)11-24-27-16/h8-12,14-15H,6-7H2,1-5H3,(H,24,27)(H2,21,22,23,25,26)/t14-,15-. The molecule has 154 valence electrons. The zero-order valence-electron chi connectivity index (χ0n) is 17.7. The number of pyridine rings is 1. The monoisotopic (exact) mass is 411 g/mol. The smallest absolute Gasteiger partial charge is 0.192 e. The Labute approximate surface area is 172 Å². The van der Waals surface area contributed by atoms with Crippen molar-refractivity contribution in [1.82, 2.24) is 25.1 Å². The Balaban J connectivity index is 1.33. The Kier molecular flexibility index (Phi) is 5.03. The summed E-state index contributed by atoms with van der Waals surface area (Å²) in [6.07, 6.45) is 7.45. The van der Waals surface area contributed by atoms with Crippen molar-refractivity contribution in [3.8, 4) is 0 Å². The molecule has 0 aromatic carbocycles. The molecule has 3 aromatic rings. The predicted octanol–water partition coefficient (Wildman–Crippen LogP) is 4.46. The molecular weight excluding hydrogens is 382 g/mol. The number of nitrogens with one attached hydrogen (secondary N) is 3. The summed E-state index contributed by atoms with van der Waals surface area (Å²) in [7, 11) is -1.70. The van der Waals surface area contributed by atoms with Gasteiger partial charge in [0.05, 0.1) is 11.7 Å². The molecule has 0 unspecified atom stereocenters. The normalized spacial score (nSPS) is 19.8. The molecule has 0 atom stereocenters. The second-order valence-electron chi connectivity index (χ2n) is 9.25. The molecule has 0 bridgehead atoms. The van der Waals surface area contributed by atoms with Gasteiger partial charge < -0.3 is 15.1 Å². The van der Waals surface area contributed by atoms with E-state index in [1.54, 1.807) is 18.7 Å². The first-order valence-corrected chi connectivity index (χ1v) is 12.9. The number of aromatic nitrogens is 5. The summed E-state index contributed by atoms with van der Waals surface area (Å²) >= 11 is 0. The SMILES string of the molecule is CC(C)(C)[Si](C)(C)O[C@H]1C[C@H](Nc2cc(Nc3cc4[nH]ncc4cn3)ncn2)C1. The molecule has 0 aliphatic heterocycles. The average molecular weight is 412 g/mol. The van der Waals surface area contributed by atoms with Crippen LogP contribution >= 0.6 is 0 Å². The van der Waals surface area contributed by atoms with Crippen molar-refractivity contribution < 1.29 is 4.43 Å². The molecule has 29 heavy (non-hydrogen) atoms. The lowest BCUT2D eigenvalue weighted by Crippen LogP contribution is -2.50. The molecule has 0 radical (unpaired) electrons. The minimum absolute atomic E-state index is 0.242. The summed E-state index contributed by atoms with van der Waals surface area (Å²) in [6.45, 7) is 11.5. The van der Waals surface area contributed by atoms with E-state index < -0.39 is 8.32 Å². The lowest BCUT2D eigenvalue weighted by Gasteiger charge is -2.45. The van der Waals surface area contributed by atoms with Crippen LogP contribution in [0.15, 0.2) is 30.9 Å². The van der Waals surface area contributed by atoms with E-state index in [2.05, 4.69) is 69.6 Å². The molecule has 0 amide bonds. The van der Waals surface area contributed by atoms with E-state index in [1.165, 1.54) is 0 Å². The van der Waals surface area contributed by atoms with Gasteiger partial charge in [0.25, 0.3) is 0 Å². The first-order valence-electron chi connectivity index (χ1n) is 10.0. The lowest BCUT2D eigenvalue weighted by atomic mass is 9.89. The molecule has 3 N–H and O–H groups in total. The fourth-order valence-electron chi connectivity index (χ4n) is 3.12. The quantitative estimate of drug-likeness (QED) is 0.515. The minimum Gasteiger partial charge on any atom is -0.414 e. The van der Waals surface area contributed by atoms with Crippen LogP contribution < -0.4 is 10.6 Å². The molecule has 3 heterocycles. The number of hydrogen-bond donors (Lipinski definition) is 3. The van der Waals surface area contributed by atoms with Crippen LogP contribution in [0.5, 0.6) is 0 Å². The highest BCUT2D eigenvalue weighted by atomic mass is 28.4. The van der Waals surface area contributed by atoms with Crippen LogP contribution in [0.25, 0.3) is 10.9 Å². The van der Waals surface area contributed by atoms with Gasteiger partial charge >= 0.3 is 0 Å². The van der Waals surface area contributed by atoms with Gasteiger partial charge in [-0.05, 0) is 31.0 Å². The number of hydrogen-bond acceptors (Lipinski definition) is 7. The molecule has 1 saturated carbocycles. The largest absolute Gasteiger partial charge is 0.414 e. The van der Waals surface area contributed by atoms with Crippen molar-refractivity contribution in [1.29, 1.82) is 0 Å². The van der Waals surface area contributed by atoms with Crippen LogP contribution in [0.3, 0.4) is 0 Å². The average Bonchev–Trinajstić information content (AvgIpc) is 3.07. The maximum Gasteiger partial charge on any atom is 0.192 e. The number of H-pyrrole nitrogens is 1. The van der Waals surface area contributed by atoms with Gasteiger partial charge in [-0.1, -0.05) is 20.8 Å². The molecule has 0 saturated heterocycles. The fraction of sp³-hybridized carbons (Fsp3) is 0.500. The van der Waals surface area contributed by atoms with Crippen LogP contribution in [0.2, 0.25) is 18.1 Å². The maximum absolute atomic E-state index is 6.47. The zero-order valence-corrected chi connectivity index (χ0v) is 18.7. The summed E-state index contributed by atoms with van der Waals surface area (Å²) in [4.78, 5) is 13.0. The van der Waals surface area contributed by atoms with Gasteiger partial charge in [-0.25, -0.2) is 15.0 Å². The molecular formula is C20H29N7OSi. The van der Waals surface area contributed by atoms with Gasteiger partial charge in [0.2, 0.25) is 0 Å². The Bertz CT molecular complexity index is 992. The van der Waals surface area contributed by atoms with Gasteiger partial charge in [0.1, 0.15) is 23.8 Å². The van der Waals surface area contributed by atoms with E-state index in [9.17, 15) is 0 Å². The second kappa shape index (κ2) is 7.38. The van der Waals surface area contributed by atoms with Crippen LogP contribution in [-0.4, -0.2) is 45.6 Å². The summed E-state index contributed by atoms with van der Waals surface area (Å²) in [5, 5.41) is 14.9. The Morgan fingerprint density at radius 1 is 1.03 bits per heavy atom. The molecule has 1 fully saturated rings. The Morgan fingerprint density at radius 2 is 1.76 bits per heavy atom. The van der Waals surface area contributed by atoms with Crippen molar-refractivity contribution in [2.24, 2.45) is 0 Å². The van der Waals surface area contributed by atoms with Crippen molar-refractivity contribution in [3.05, 3.63) is 30.9 Å². The summed E-state index contributed by atoms with van der Waals surface area (Å²) in [6, 6.07) is 4.19.